The summed E-state index contributed by atoms with van der Waals surface area (Å²) in [7, 11) is 0. The van der Waals surface area contributed by atoms with Crippen LogP contribution < -0.4 is 5.32 Å². The second-order valence-corrected chi connectivity index (χ2v) is 4.83. The van der Waals surface area contributed by atoms with Crippen molar-refractivity contribution in [1.82, 2.24) is 20.3 Å². The fraction of sp³-hybridized carbons (Fsp3) is 0.818. The van der Waals surface area contributed by atoms with E-state index in [4.69, 9.17) is 0 Å². The molecule has 4 nitrogen and oxygen atoms in total. The molecule has 2 fully saturated rings. The van der Waals surface area contributed by atoms with Crippen LogP contribution in [0.1, 0.15) is 37.3 Å². The van der Waals surface area contributed by atoms with Crippen molar-refractivity contribution in [3.8, 4) is 0 Å². The Bertz CT molecular complexity index is 323. The maximum atomic E-state index is 4.21. The highest BCUT2D eigenvalue weighted by molar-refractivity contribution is 5.10. The molecule has 1 aliphatic carbocycles. The highest BCUT2D eigenvalue weighted by Crippen LogP contribution is 2.39. The minimum Gasteiger partial charge on any atom is -0.316 e. The Balaban J connectivity index is 1.67. The van der Waals surface area contributed by atoms with E-state index in [9.17, 15) is 0 Å². The van der Waals surface area contributed by atoms with Crippen molar-refractivity contribution >= 4 is 0 Å². The molecule has 0 spiro atoms. The number of nitrogens with zero attached hydrogens (tertiary/aromatic N) is 3. The van der Waals surface area contributed by atoms with Gasteiger partial charge in [0.1, 0.15) is 0 Å². The van der Waals surface area contributed by atoms with Crippen LogP contribution in [0, 0.1) is 5.92 Å². The maximum absolute atomic E-state index is 4.21. The van der Waals surface area contributed by atoms with Gasteiger partial charge in [-0.05, 0) is 44.7 Å². The lowest BCUT2D eigenvalue weighted by atomic mass is 10.00. The molecule has 15 heavy (non-hydrogen) atoms. The van der Waals surface area contributed by atoms with Gasteiger partial charge in [-0.1, -0.05) is 5.21 Å². The van der Waals surface area contributed by atoms with Gasteiger partial charge in [0.15, 0.2) is 0 Å². The second kappa shape index (κ2) is 3.93. The second-order valence-electron chi connectivity index (χ2n) is 4.83. The standard InChI is InChI=1S/C11H18N4/c1-2-9(6-12-5-1)8-15-11(7-13-14-15)10-3-4-10/h7,9-10,12H,1-6,8H2. The first-order valence-corrected chi connectivity index (χ1v) is 6.02. The van der Waals surface area contributed by atoms with Gasteiger partial charge < -0.3 is 5.32 Å². The third-order valence-electron chi connectivity index (χ3n) is 3.47. The molecule has 1 aromatic rings. The number of hydrogen-bond donors (Lipinski definition) is 1. The van der Waals surface area contributed by atoms with Crippen molar-refractivity contribution in [2.24, 2.45) is 5.92 Å². The average Bonchev–Trinajstić information content (AvgIpc) is 3.02. The van der Waals surface area contributed by atoms with Crippen molar-refractivity contribution in [2.45, 2.75) is 38.1 Å². The van der Waals surface area contributed by atoms with Gasteiger partial charge in [0.2, 0.25) is 0 Å². The van der Waals surface area contributed by atoms with Crippen molar-refractivity contribution in [3.63, 3.8) is 0 Å². The van der Waals surface area contributed by atoms with E-state index in [2.05, 4.69) is 20.3 Å². The highest BCUT2D eigenvalue weighted by atomic mass is 15.4. The summed E-state index contributed by atoms with van der Waals surface area (Å²) in [4.78, 5) is 0. The zero-order valence-corrected chi connectivity index (χ0v) is 9.02. The molecule has 0 bridgehead atoms. The zero-order valence-electron chi connectivity index (χ0n) is 9.02. The minimum absolute atomic E-state index is 0.748. The van der Waals surface area contributed by atoms with Gasteiger partial charge in [0, 0.05) is 12.5 Å². The van der Waals surface area contributed by atoms with E-state index in [0.29, 0.717) is 0 Å². The summed E-state index contributed by atoms with van der Waals surface area (Å²) in [6, 6.07) is 0. The first kappa shape index (κ1) is 9.33. The summed E-state index contributed by atoms with van der Waals surface area (Å²) in [6.07, 6.45) is 7.25. The number of aromatic nitrogens is 3. The summed E-state index contributed by atoms with van der Waals surface area (Å²) in [5.41, 5.74) is 1.36. The first-order chi connectivity index (χ1) is 7.43. The molecule has 3 rings (SSSR count). The van der Waals surface area contributed by atoms with Gasteiger partial charge >= 0.3 is 0 Å². The molecule has 0 aromatic carbocycles. The topological polar surface area (TPSA) is 42.7 Å². The lowest BCUT2D eigenvalue weighted by Gasteiger charge is -2.22. The van der Waals surface area contributed by atoms with E-state index in [-0.39, 0.29) is 0 Å². The molecular weight excluding hydrogens is 188 g/mol. The van der Waals surface area contributed by atoms with E-state index >= 15 is 0 Å². The van der Waals surface area contributed by atoms with Crippen LogP contribution in [-0.4, -0.2) is 28.1 Å². The van der Waals surface area contributed by atoms with Crippen LogP contribution in [0.3, 0.4) is 0 Å². The van der Waals surface area contributed by atoms with E-state index in [1.165, 1.54) is 37.9 Å². The summed E-state index contributed by atoms with van der Waals surface area (Å²) < 4.78 is 2.13. The third kappa shape index (κ3) is 2.04. The van der Waals surface area contributed by atoms with E-state index < -0.39 is 0 Å². The highest BCUT2D eigenvalue weighted by Gasteiger charge is 2.28. The molecule has 1 aromatic heterocycles. The average molecular weight is 206 g/mol. The van der Waals surface area contributed by atoms with Crippen LogP contribution in [0.5, 0.6) is 0 Å². The maximum Gasteiger partial charge on any atom is 0.0728 e. The Kier molecular flexibility index (Phi) is 2.44. The van der Waals surface area contributed by atoms with Gasteiger partial charge in [-0.2, -0.15) is 0 Å². The summed E-state index contributed by atoms with van der Waals surface area (Å²) >= 11 is 0. The minimum atomic E-state index is 0.748. The molecule has 4 heteroatoms. The number of piperidine rings is 1. The predicted molar refractivity (Wildman–Crippen MR) is 57.6 cm³/mol. The fourth-order valence-electron chi connectivity index (χ4n) is 2.43. The third-order valence-corrected chi connectivity index (χ3v) is 3.47. The van der Waals surface area contributed by atoms with Crippen LogP contribution >= 0.6 is 0 Å². The molecule has 1 unspecified atom stereocenters. The summed E-state index contributed by atoms with van der Waals surface area (Å²) in [6.45, 7) is 3.38. The lowest BCUT2D eigenvalue weighted by molar-refractivity contribution is 0.318. The molecule has 0 amide bonds. The van der Waals surface area contributed by atoms with Gasteiger partial charge in [0.25, 0.3) is 0 Å². The van der Waals surface area contributed by atoms with Crippen molar-refractivity contribution in [1.29, 1.82) is 0 Å². The van der Waals surface area contributed by atoms with Crippen LogP contribution in [-0.2, 0) is 6.54 Å². The van der Waals surface area contributed by atoms with Crippen molar-refractivity contribution in [3.05, 3.63) is 11.9 Å². The molecule has 1 atom stereocenters. The van der Waals surface area contributed by atoms with Crippen LogP contribution in [0.4, 0.5) is 0 Å². The molecule has 82 valence electrons. The molecule has 2 aliphatic rings. The lowest BCUT2D eigenvalue weighted by Crippen LogP contribution is -2.32. The fourth-order valence-corrected chi connectivity index (χ4v) is 2.43. The number of nitrogens with one attached hydrogen (secondary N) is 1. The smallest absolute Gasteiger partial charge is 0.0728 e. The van der Waals surface area contributed by atoms with Crippen LogP contribution in [0.15, 0.2) is 6.20 Å². The molecule has 0 radical (unpaired) electrons. The van der Waals surface area contributed by atoms with Crippen molar-refractivity contribution in [2.75, 3.05) is 13.1 Å². The SMILES string of the molecule is c1nnn(CC2CCCNC2)c1C1CC1. The van der Waals surface area contributed by atoms with Gasteiger partial charge in [-0.3, -0.25) is 0 Å². The van der Waals surface area contributed by atoms with Crippen LogP contribution in [0.2, 0.25) is 0 Å². The molecule has 2 heterocycles. The number of rotatable bonds is 3. The number of hydrogen-bond acceptors (Lipinski definition) is 3. The molecule has 1 N–H and O–H groups in total. The Morgan fingerprint density at radius 2 is 2.33 bits per heavy atom. The molecular formula is C11H18N4. The van der Waals surface area contributed by atoms with Gasteiger partial charge in [-0.15, -0.1) is 5.10 Å². The normalized spacial score (nSPS) is 26.8. The molecule has 1 saturated heterocycles. The van der Waals surface area contributed by atoms with E-state index in [1.807, 2.05) is 6.20 Å². The summed E-state index contributed by atoms with van der Waals surface area (Å²) in [5, 5.41) is 11.7. The molecule has 1 aliphatic heterocycles. The molecule has 1 saturated carbocycles. The van der Waals surface area contributed by atoms with Crippen molar-refractivity contribution < 1.29 is 0 Å². The predicted octanol–water partition coefficient (Wildman–Crippen LogP) is 1.16. The Morgan fingerprint density at radius 3 is 3.07 bits per heavy atom. The Hall–Kier alpha value is -0.900. The monoisotopic (exact) mass is 206 g/mol. The van der Waals surface area contributed by atoms with Crippen LogP contribution in [0.25, 0.3) is 0 Å². The van der Waals surface area contributed by atoms with Gasteiger partial charge in [-0.25, -0.2) is 4.68 Å². The van der Waals surface area contributed by atoms with E-state index in [1.54, 1.807) is 0 Å². The first-order valence-electron chi connectivity index (χ1n) is 6.02. The largest absolute Gasteiger partial charge is 0.316 e. The summed E-state index contributed by atoms with van der Waals surface area (Å²) in [5.74, 6) is 1.51. The van der Waals surface area contributed by atoms with E-state index in [0.717, 1.165) is 24.9 Å². The Morgan fingerprint density at radius 1 is 1.40 bits per heavy atom. The quantitative estimate of drug-likeness (QED) is 0.807. The Labute approximate surface area is 90.0 Å². The zero-order chi connectivity index (χ0) is 10.1. The van der Waals surface area contributed by atoms with Gasteiger partial charge in [0.05, 0.1) is 11.9 Å².